The molecule has 0 aliphatic carbocycles. The largest absolute Gasteiger partial charge is 0.493 e. The molecule has 1 aromatic heterocycles. The van der Waals surface area contributed by atoms with E-state index < -0.39 is 5.91 Å². The summed E-state index contributed by atoms with van der Waals surface area (Å²) in [6.07, 6.45) is 7.44. The molecule has 1 N–H and O–H groups in total. The lowest BCUT2D eigenvalue weighted by Crippen LogP contribution is -2.32. The van der Waals surface area contributed by atoms with Crippen molar-refractivity contribution in [1.29, 1.82) is 5.26 Å². The minimum atomic E-state index is -0.415. The van der Waals surface area contributed by atoms with E-state index in [9.17, 15) is 10.1 Å². The lowest BCUT2D eigenvalue weighted by Gasteiger charge is -2.11. The second-order valence-electron chi connectivity index (χ2n) is 8.91. The molecule has 1 atom stereocenters. The van der Waals surface area contributed by atoms with Gasteiger partial charge in [0.2, 0.25) is 0 Å². The Balaban J connectivity index is 1.66. The van der Waals surface area contributed by atoms with Crippen molar-refractivity contribution in [2.75, 3.05) is 19.8 Å². The maximum Gasteiger partial charge on any atom is 0.262 e. The van der Waals surface area contributed by atoms with Crippen molar-refractivity contribution in [2.45, 2.75) is 45.6 Å². The van der Waals surface area contributed by atoms with Crippen molar-refractivity contribution in [3.8, 4) is 28.8 Å². The Morgan fingerprint density at radius 1 is 1.31 bits per heavy atom. The first-order valence-electron chi connectivity index (χ1n) is 12.5. The molecule has 7 heteroatoms. The molecular weight excluding hydrogens is 452 g/mol. The highest BCUT2D eigenvalue weighted by atomic mass is 16.5. The Labute approximate surface area is 212 Å². The lowest BCUT2D eigenvalue weighted by atomic mass is 10.0. The number of hydrogen-bond donors (Lipinski definition) is 1. The maximum atomic E-state index is 12.8. The fraction of sp³-hybridized carbons (Fsp3) is 0.345. The molecule has 1 saturated heterocycles. The van der Waals surface area contributed by atoms with Crippen molar-refractivity contribution in [3.63, 3.8) is 0 Å². The number of nitrogens with one attached hydrogen (secondary N) is 1. The van der Waals surface area contributed by atoms with Gasteiger partial charge in [-0.1, -0.05) is 31.5 Å². The number of nitriles is 1. The van der Waals surface area contributed by atoms with Crippen LogP contribution in [0.25, 0.3) is 23.0 Å². The number of amides is 1. The molecule has 1 unspecified atom stereocenters. The zero-order valence-corrected chi connectivity index (χ0v) is 20.9. The summed E-state index contributed by atoms with van der Waals surface area (Å²) in [5.41, 5.74) is 4.16. The third kappa shape index (κ3) is 6.21. The fourth-order valence-electron chi connectivity index (χ4n) is 4.13. The van der Waals surface area contributed by atoms with Crippen LogP contribution in [0.5, 0.6) is 5.75 Å². The lowest BCUT2D eigenvalue weighted by molar-refractivity contribution is -0.117. The van der Waals surface area contributed by atoms with Crippen molar-refractivity contribution in [3.05, 3.63) is 71.4 Å². The summed E-state index contributed by atoms with van der Waals surface area (Å²) < 4.78 is 13.3. The van der Waals surface area contributed by atoms with Crippen LogP contribution in [0.4, 0.5) is 0 Å². The van der Waals surface area contributed by atoms with Crippen molar-refractivity contribution in [2.24, 2.45) is 0 Å². The summed E-state index contributed by atoms with van der Waals surface area (Å²) in [6, 6.07) is 17.7. The number of unbranched alkanes of at least 4 members (excludes halogenated alkanes) is 1. The summed E-state index contributed by atoms with van der Waals surface area (Å²) in [5, 5.41) is 17.4. The molecule has 0 bridgehead atoms. The topological polar surface area (TPSA) is 89.2 Å². The van der Waals surface area contributed by atoms with Gasteiger partial charge in [-0.2, -0.15) is 10.4 Å². The van der Waals surface area contributed by atoms with E-state index in [-0.39, 0.29) is 11.7 Å². The van der Waals surface area contributed by atoms with Gasteiger partial charge in [-0.15, -0.1) is 0 Å². The van der Waals surface area contributed by atoms with Gasteiger partial charge in [0.1, 0.15) is 23.1 Å². The minimum absolute atomic E-state index is 0.00585. The predicted octanol–water partition coefficient (Wildman–Crippen LogP) is 5.23. The highest BCUT2D eigenvalue weighted by molar-refractivity contribution is 6.02. The molecule has 7 nitrogen and oxygen atoms in total. The summed E-state index contributed by atoms with van der Waals surface area (Å²) in [7, 11) is 0. The third-order valence-corrected chi connectivity index (χ3v) is 6.15. The van der Waals surface area contributed by atoms with Crippen LogP contribution >= 0.6 is 0 Å². The SMILES string of the molecule is CCCCOc1ccc(-c2nn(-c3ccccc3)cc2/C=C(/C#N)C(=O)NCC2CCCO2)cc1C. The van der Waals surface area contributed by atoms with Crippen LogP contribution in [0.2, 0.25) is 0 Å². The number of nitrogens with zero attached hydrogens (tertiary/aromatic N) is 3. The van der Waals surface area contributed by atoms with Crippen molar-refractivity contribution >= 4 is 12.0 Å². The minimum Gasteiger partial charge on any atom is -0.493 e. The number of carbonyl (C=O) groups is 1. The molecule has 1 amide bonds. The Morgan fingerprint density at radius 2 is 2.14 bits per heavy atom. The first-order chi connectivity index (χ1) is 17.6. The monoisotopic (exact) mass is 484 g/mol. The van der Waals surface area contributed by atoms with E-state index in [0.717, 1.165) is 48.2 Å². The molecule has 186 valence electrons. The smallest absolute Gasteiger partial charge is 0.262 e. The second-order valence-corrected chi connectivity index (χ2v) is 8.91. The van der Waals surface area contributed by atoms with Crippen LogP contribution in [-0.4, -0.2) is 41.6 Å². The molecule has 1 aliphatic rings. The van der Waals surface area contributed by atoms with Crippen LogP contribution in [0.3, 0.4) is 0 Å². The standard InChI is InChI=1S/C29H32N4O3/c1-3-4-14-36-27-13-12-22(16-21(27)2)28-24(20-33(32-28)25-9-6-5-7-10-25)17-23(18-30)29(34)31-19-26-11-8-15-35-26/h5-7,9-10,12-13,16-17,20,26H,3-4,8,11,14-15,19H2,1-2H3,(H,31,34)/b23-17-. The van der Waals surface area contributed by atoms with E-state index >= 15 is 0 Å². The van der Waals surface area contributed by atoms with E-state index in [1.165, 1.54) is 0 Å². The molecular formula is C29H32N4O3. The van der Waals surface area contributed by atoms with Crippen LogP contribution in [0.1, 0.15) is 43.7 Å². The number of ether oxygens (including phenoxy) is 2. The molecule has 3 aromatic rings. The zero-order valence-electron chi connectivity index (χ0n) is 20.9. The summed E-state index contributed by atoms with van der Waals surface area (Å²) in [5.74, 6) is 0.431. The number of aryl methyl sites for hydroxylation is 1. The van der Waals surface area contributed by atoms with Gasteiger partial charge in [0.15, 0.2) is 0 Å². The second kappa shape index (κ2) is 12.2. The Kier molecular flexibility index (Phi) is 8.53. The van der Waals surface area contributed by atoms with E-state index in [4.69, 9.17) is 14.6 Å². The third-order valence-electron chi connectivity index (χ3n) is 6.15. The van der Waals surface area contributed by atoms with Crippen molar-refractivity contribution < 1.29 is 14.3 Å². The van der Waals surface area contributed by atoms with Gasteiger partial charge >= 0.3 is 0 Å². The van der Waals surface area contributed by atoms with Gasteiger partial charge < -0.3 is 14.8 Å². The quantitative estimate of drug-likeness (QED) is 0.242. The van der Waals surface area contributed by atoms with Crippen LogP contribution in [-0.2, 0) is 9.53 Å². The molecule has 2 aromatic carbocycles. The van der Waals surface area contributed by atoms with E-state index in [2.05, 4.69) is 18.3 Å². The van der Waals surface area contributed by atoms with Gasteiger partial charge in [-0.3, -0.25) is 4.79 Å². The molecule has 1 aliphatic heterocycles. The molecule has 2 heterocycles. The van der Waals surface area contributed by atoms with E-state index in [1.54, 1.807) is 10.8 Å². The van der Waals surface area contributed by atoms with Crippen molar-refractivity contribution in [1.82, 2.24) is 15.1 Å². The van der Waals surface area contributed by atoms with Gasteiger partial charge in [0.05, 0.1) is 18.4 Å². The maximum absolute atomic E-state index is 12.8. The molecule has 0 spiro atoms. The van der Waals surface area contributed by atoms with Gasteiger partial charge in [0.25, 0.3) is 5.91 Å². The molecule has 1 fully saturated rings. The van der Waals surface area contributed by atoms with Gasteiger partial charge in [-0.05, 0) is 68.2 Å². The van der Waals surface area contributed by atoms with Crippen LogP contribution in [0, 0.1) is 18.3 Å². The number of rotatable bonds is 10. The molecule has 0 radical (unpaired) electrons. The molecule has 0 saturated carbocycles. The summed E-state index contributed by atoms with van der Waals surface area (Å²) in [6.45, 7) is 5.93. The number of carbonyl (C=O) groups excluding carboxylic acids is 1. The zero-order chi connectivity index (χ0) is 25.3. The van der Waals surface area contributed by atoms with E-state index in [1.807, 2.05) is 61.7 Å². The first-order valence-corrected chi connectivity index (χ1v) is 12.5. The van der Waals surface area contributed by atoms with Crippen LogP contribution < -0.4 is 10.1 Å². The molecule has 36 heavy (non-hydrogen) atoms. The van der Waals surface area contributed by atoms with Gasteiger partial charge in [0, 0.05) is 30.5 Å². The predicted molar refractivity (Wildman–Crippen MR) is 140 cm³/mol. The van der Waals surface area contributed by atoms with Crippen LogP contribution in [0.15, 0.2) is 60.3 Å². The number of aromatic nitrogens is 2. The number of benzene rings is 2. The fourth-order valence-corrected chi connectivity index (χ4v) is 4.13. The summed E-state index contributed by atoms with van der Waals surface area (Å²) >= 11 is 0. The number of para-hydroxylation sites is 1. The Hall–Kier alpha value is -3.89. The Bertz CT molecular complexity index is 1250. The normalized spacial score (nSPS) is 15.5. The average Bonchev–Trinajstić information content (AvgIpc) is 3.58. The highest BCUT2D eigenvalue weighted by Crippen LogP contribution is 2.30. The van der Waals surface area contributed by atoms with E-state index in [0.29, 0.717) is 31.0 Å². The first kappa shape index (κ1) is 25.2. The molecule has 4 rings (SSSR count). The summed E-state index contributed by atoms with van der Waals surface area (Å²) in [4.78, 5) is 12.8. The average molecular weight is 485 g/mol. The number of hydrogen-bond acceptors (Lipinski definition) is 5. The van der Waals surface area contributed by atoms with Gasteiger partial charge in [-0.25, -0.2) is 4.68 Å². The Morgan fingerprint density at radius 3 is 2.83 bits per heavy atom. The highest BCUT2D eigenvalue weighted by Gasteiger charge is 2.19.